The standard InChI is InChI=1S/C6H4BrN3O/c7-4-5-8-2-1-3-10(5)9-6(4)11/h1-3H,(H,9,11). The molecule has 0 aliphatic rings. The van der Waals surface area contributed by atoms with Crippen LogP contribution in [-0.4, -0.2) is 14.6 Å². The van der Waals surface area contributed by atoms with Crippen molar-refractivity contribution in [3.63, 3.8) is 0 Å². The van der Waals surface area contributed by atoms with E-state index in [1.54, 1.807) is 23.0 Å². The fourth-order valence-corrected chi connectivity index (χ4v) is 1.27. The third kappa shape index (κ3) is 0.883. The average Bonchev–Trinajstić information content (AvgIpc) is 2.30. The fourth-order valence-electron chi connectivity index (χ4n) is 0.884. The largest absolute Gasteiger partial charge is 0.281 e. The van der Waals surface area contributed by atoms with E-state index >= 15 is 0 Å². The van der Waals surface area contributed by atoms with Crippen LogP contribution in [0.25, 0.3) is 5.65 Å². The zero-order chi connectivity index (χ0) is 7.84. The van der Waals surface area contributed by atoms with Crippen LogP contribution in [-0.2, 0) is 0 Å². The molecule has 0 amide bonds. The van der Waals surface area contributed by atoms with Crippen molar-refractivity contribution >= 4 is 21.6 Å². The normalized spacial score (nSPS) is 10.6. The quantitative estimate of drug-likeness (QED) is 0.704. The van der Waals surface area contributed by atoms with Gasteiger partial charge in [0.05, 0.1) is 0 Å². The molecule has 11 heavy (non-hydrogen) atoms. The number of fused-ring (bicyclic) bond motifs is 1. The van der Waals surface area contributed by atoms with E-state index in [0.29, 0.717) is 10.1 Å². The second kappa shape index (κ2) is 2.20. The molecule has 0 fully saturated rings. The first-order valence-corrected chi connectivity index (χ1v) is 3.79. The van der Waals surface area contributed by atoms with Crippen LogP contribution in [0.3, 0.4) is 0 Å². The summed E-state index contributed by atoms with van der Waals surface area (Å²) in [5.74, 6) is 0. The Labute approximate surface area is 70.0 Å². The number of rotatable bonds is 0. The summed E-state index contributed by atoms with van der Waals surface area (Å²) in [6.07, 6.45) is 3.36. The highest BCUT2D eigenvalue weighted by Crippen LogP contribution is 2.08. The molecule has 0 bridgehead atoms. The van der Waals surface area contributed by atoms with Gasteiger partial charge in [-0.15, -0.1) is 0 Å². The first kappa shape index (κ1) is 6.60. The van der Waals surface area contributed by atoms with Gasteiger partial charge in [0, 0.05) is 12.4 Å². The predicted molar refractivity (Wildman–Crippen MR) is 43.5 cm³/mol. The molecule has 2 rings (SSSR count). The Hall–Kier alpha value is -1.10. The zero-order valence-corrected chi connectivity index (χ0v) is 7.00. The molecule has 2 heterocycles. The third-order valence-electron chi connectivity index (χ3n) is 1.36. The van der Waals surface area contributed by atoms with Crippen molar-refractivity contribution in [2.45, 2.75) is 0 Å². The highest BCUT2D eigenvalue weighted by molar-refractivity contribution is 9.10. The number of hydrogen-bond acceptors (Lipinski definition) is 2. The van der Waals surface area contributed by atoms with Crippen LogP contribution in [0.4, 0.5) is 0 Å². The number of hydrogen-bond donors (Lipinski definition) is 1. The summed E-state index contributed by atoms with van der Waals surface area (Å²) < 4.78 is 2.03. The zero-order valence-electron chi connectivity index (χ0n) is 5.41. The molecule has 2 aromatic heterocycles. The molecule has 0 saturated heterocycles. The highest BCUT2D eigenvalue weighted by atomic mass is 79.9. The van der Waals surface area contributed by atoms with Crippen LogP contribution in [0, 0.1) is 0 Å². The average molecular weight is 214 g/mol. The van der Waals surface area contributed by atoms with Gasteiger partial charge in [-0.25, -0.2) is 9.50 Å². The van der Waals surface area contributed by atoms with Crippen molar-refractivity contribution in [1.82, 2.24) is 14.6 Å². The maximum absolute atomic E-state index is 11.0. The van der Waals surface area contributed by atoms with Gasteiger partial charge in [-0.3, -0.25) is 9.89 Å². The minimum absolute atomic E-state index is 0.163. The number of aromatic amines is 1. The van der Waals surface area contributed by atoms with E-state index in [1.807, 2.05) is 0 Å². The van der Waals surface area contributed by atoms with Gasteiger partial charge >= 0.3 is 0 Å². The number of aromatic nitrogens is 3. The SMILES string of the molecule is O=c1[nH]n2cccnc2c1Br. The van der Waals surface area contributed by atoms with Crippen LogP contribution in [0.15, 0.2) is 27.7 Å². The van der Waals surface area contributed by atoms with E-state index in [0.717, 1.165) is 0 Å². The van der Waals surface area contributed by atoms with E-state index in [2.05, 4.69) is 26.0 Å². The van der Waals surface area contributed by atoms with Gasteiger partial charge in [-0.1, -0.05) is 0 Å². The topological polar surface area (TPSA) is 50.2 Å². The Kier molecular flexibility index (Phi) is 1.32. The molecule has 0 saturated carbocycles. The van der Waals surface area contributed by atoms with Gasteiger partial charge in [0.1, 0.15) is 4.47 Å². The molecule has 0 spiro atoms. The number of nitrogens with zero attached hydrogens (tertiary/aromatic N) is 2. The molecule has 0 unspecified atom stereocenters. The Bertz CT molecular complexity index is 444. The molecule has 0 atom stereocenters. The Morgan fingerprint density at radius 2 is 2.45 bits per heavy atom. The van der Waals surface area contributed by atoms with Crippen molar-refractivity contribution in [1.29, 1.82) is 0 Å². The lowest BCUT2D eigenvalue weighted by atomic mass is 10.6. The smallest absolute Gasteiger partial charge is 0.267 e. The summed E-state index contributed by atoms with van der Waals surface area (Å²) in [4.78, 5) is 15.0. The van der Waals surface area contributed by atoms with Gasteiger partial charge in [-0.2, -0.15) is 0 Å². The minimum atomic E-state index is -0.163. The maximum Gasteiger partial charge on any atom is 0.281 e. The van der Waals surface area contributed by atoms with Gasteiger partial charge in [-0.05, 0) is 22.0 Å². The van der Waals surface area contributed by atoms with E-state index in [4.69, 9.17) is 0 Å². The summed E-state index contributed by atoms with van der Waals surface area (Å²) >= 11 is 3.12. The number of nitrogens with one attached hydrogen (secondary N) is 1. The molecule has 1 N–H and O–H groups in total. The van der Waals surface area contributed by atoms with Crippen molar-refractivity contribution in [2.75, 3.05) is 0 Å². The molecule has 0 aliphatic carbocycles. The molecular formula is C6H4BrN3O. The van der Waals surface area contributed by atoms with Crippen LogP contribution < -0.4 is 5.56 Å². The Morgan fingerprint density at radius 3 is 3.18 bits per heavy atom. The number of halogens is 1. The van der Waals surface area contributed by atoms with Crippen LogP contribution in [0.1, 0.15) is 0 Å². The van der Waals surface area contributed by atoms with Crippen molar-refractivity contribution in [2.24, 2.45) is 0 Å². The summed E-state index contributed by atoms with van der Waals surface area (Å²) in [5.41, 5.74) is 0.446. The van der Waals surface area contributed by atoms with Gasteiger partial charge < -0.3 is 0 Å². The lowest BCUT2D eigenvalue weighted by Gasteiger charge is -1.88. The fraction of sp³-hybridized carbons (Fsp3) is 0. The Balaban J connectivity index is 3.04. The van der Waals surface area contributed by atoms with Gasteiger partial charge in [0.15, 0.2) is 5.65 Å². The summed E-state index contributed by atoms with van der Waals surface area (Å²) in [6, 6.07) is 1.75. The first-order chi connectivity index (χ1) is 5.29. The van der Waals surface area contributed by atoms with E-state index < -0.39 is 0 Å². The molecule has 4 nitrogen and oxygen atoms in total. The molecule has 0 radical (unpaired) electrons. The van der Waals surface area contributed by atoms with Crippen molar-refractivity contribution < 1.29 is 0 Å². The van der Waals surface area contributed by atoms with Crippen LogP contribution in [0.2, 0.25) is 0 Å². The van der Waals surface area contributed by atoms with E-state index in [-0.39, 0.29) is 5.56 Å². The summed E-state index contributed by atoms with van der Waals surface area (Å²) in [6.45, 7) is 0. The number of H-pyrrole nitrogens is 1. The third-order valence-corrected chi connectivity index (χ3v) is 2.08. The van der Waals surface area contributed by atoms with Crippen LogP contribution >= 0.6 is 15.9 Å². The lowest BCUT2D eigenvalue weighted by Crippen LogP contribution is -1.99. The summed E-state index contributed by atoms with van der Waals surface area (Å²) in [7, 11) is 0. The lowest BCUT2D eigenvalue weighted by molar-refractivity contribution is 0.920. The summed E-state index contributed by atoms with van der Waals surface area (Å²) in [5, 5.41) is 2.58. The second-order valence-electron chi connectivity index (χ2n) is 2.07. The molecular weight excluding hydrogens is 210 g/mol. The van der Waals surface area contributed by atoms with Crippen molar-refractivity contribution in [3.05, 3.63) is 33.3 Å². The molecule has 0 aliphatic heterocycles. The van der Waals surface area contributed by atoms with Gasteiger partial charge in [0.2, 0.25) is 0 Å². The maximum atomic E-state index is 11.0. The molecule has 5 heteroatoms. The first-order valence-electron chi connectivity index (χ1n) is 3.00. The Morgan fingerprint density at radius 1 is 1.64 bits per heavy atom. The minimum Gasteiger partial charge on any atom is -0.267 e. The van der Waals surface area contributed by atoms with E-state index in [9.17, 15) is 4.79 Å². The molecule has 56 valence electrons. The van der Waals surface area contributed by atoms with Crippen molar-refractivity contribution in [3.8, 4) is 0 Å². The van der Waals surface area contributed by atoms with Gasteiger partial charge in [0.25, 0.3) is 5.56 Å². The highest BCUT2D eigenvalue weighted by Gasteiger charge is 2.03. The predicted octanol–water partition coefficient (Wildman–Crippen LogP) is 0.785. The molecule has 0 aromatic carbocycles. The van der Waals surface area contributed by atoms with Crippen LogP contribution in [0.5, 0.6) is 0 Å². The second-order valence-corrected chi connectivity index (χ2v) is 2.86. The van der Waals surface area contributed by atoms with E-state index in [1.165, 1.54) is 0 Å². The monoisotopic (exact) mass is 213 g/mol. The molecule has 2 aromatic rings.